The predicted molar refractivity (Wildman–Crippen MR) is 85.1 cm³/mol. The van der Waals surface area contributed by atoms with Crippen molar-refractivity contribution < 1.29 is 9.59 Å². The van der Waals surface area contributed by atoms with Crippen molar-refractivity contribution in [3.63, 3.8) is 0 Å². The number of amides is 2. The van der Waals surface area contributed by atoms with Gasteiger partial charge in [-0.1, -0.05) is 24.1 Å². The molecule has 2 N–H and O–H groups in total. The summed E-state index contributed by atoms with van der Waals surface area (Å²) in [5.74, 6) is 1.75. The van der Waals surface area contributed by atoms with Crippen molar-refractivity contribution >= 4 is 11.8 Å². The molecule has 0 spiro atoms. The van der Waals surface area contributed by atoms with Gasteiger partial charge in [0.15, 0.2) is 0 Å². The van der Waals surface area contributed by atoms with Crippen molar-refractivity contribution in [2.45, 2.75) is 46.0 Å². The van der Waals surface area contributed by atoms with Crippen LogP contribution in [0, 0.1) is 31.6 Å². The van der Waals surface area contributed by atoms with Crippen molar-refractivity contribution in [2.75, 3.05) is 0 Å². The van der Waals surface area contributed by atoms with Gasteiger partial charge in [-0.3, -0.25) is 20.4 Å². The van der Waals surface area contributed by atoms with Gasteiger partial charge in [-0.05, 0) is 62.5 Å². The Morgan fingerprint density at radius 1 is 1.14 bits per heavy atom. The fourth-order valence-corrected chi connectivity index (χ4v) is 4.18. The Morgan fingerprint density at radius 3 is 2.59 bits per heavy atom. The van der Waals surface area contributed by atoms with Gasteiger partial charge in [-0.2, -0.15) is 0 Å². The lowest BCUT2D eigenvalue weighted by molar-refractivity contribution is -0.123. The number of hydrogen-bond donors (Lipinski definition) is 2. The van der Waals surface area contributed by atoms with E-state index in [-0.39, 0.29) is 11.8 Å². The minimum absolute atomic E-state index is 0.0735. The van der Waals surface area contributed by atoms with E-state index in [4.69, 9.17) is 0 Å². The van der Waals surface area contributed by atoms with Crippen molar-refractivity contribution in [3.05, 3.63) is 34.9 Å². The monoisotopic (exact) mass is 300 g/mol. The maximum atomic E-state index is 12.1. The lowest BCUT2D eigenvalue weighted by Gasteiger charge is -2.21. The van der Waals surface area contributed by atoms with Crippen molar-refractivity contribution in [3.8, 4) is 0 Å². The van der Waals surface area contributed by atoms with E-state index in [0.717, 1.165) is 23.0 Å². The van der Waals surface area contributed by atoms with Crippen LogP contribution in [0.1, 0.15) is 53.6 Å². The number of carbonyl (C=O) groups excluding carboxylic acids is 2. The van der Waals surface area contributed by atoms with Gasteiger partial charge in [0.25, 0.3) is 5.91 Å². The molecule has 0 saturated heterocycles. The standard InChI is InChI=1S/C18H24N2O2/c1-11-3-6-16(12(2)7-11)18(22)20-19-17(21)10-15-9-13-4-5-14(15)8-13/h3,6-7,13-15H,4-5,8-10H2,1-2H3,(H,19,21)(H,20,22)/t13-,14-,15-/m1/s1. The van der Waals surface area contributed by atoms with Crippen LogP contribution in [0.4, 0.5) is 0 Å². The molecule has 0 radical (unpaired) electrons. The van der Waals surface area contributed by atoms with Gasteiger partial charge in [-0.15, -0.1) is 0 Å². The molecule has 2 aliphatic carbocycles. The number of nitrogens with one attached hydrogen (secondary N) is 2. The first-order chi connectivity index (χ1) is 10.5. The fourth-order valence-electron chi connectivity index (χ4n) is 4.18. The molecule has 4 heteroatoms. The van der Waals surface area contributed by atoms with E-state index >= 15 is 0 Å². The molecule has 22 heavy (non-hydrogen) atoms. The predicted octanol–water partition coefficient (Wildman–Crippen LogP) is 2.89. The third-order valence-corrected chi connectivity index (χ3v) is 5.27. The molecule has 3 atom stereocenters. The number of aryl methyl sites for hydroxylation is 2. The zero-order valence-corrected chi connectivity index (χ0v) is 13.3. The summed E-state index contributed by atoms with van der Waals surface area (Å²) in [7, 11) is 0. The minimum Gasteiger partial charge on any atom is -0.273 e. The van der Waals surface area contributed by atoms with E-state index in [2.05, 4.69) is 10.9 Å². The Labute approximate surface area is 131 Å². The molecule has 2 fully saturated rings. The van der Waals surface area contributed by atoms with Crippen LogP contribution >= 0.6 is 0 Å². The highest BCUT2D eigenvalue weighted by molar-refractivity contribution is 5.96. The molecule has 0 unspecified atom stereocenters. The molecule has 0 aliphatic heterocycles. The summed E-state index contributed by atoms with van der Waals surface area (Å²) in [6.07, 6.45) is 5.63. The van der Waals surface area contributed by atoms with Gasteiger partial charge in [-0.25, -0.2) is 0 Å². The van der Waals surface area contributed by atoms with Crippen molar-refractivity contribution in [1.82, 2.24) is 10.9 Å². The molecule has 1 aromatic rings. The van der Waals surface area contributed by atoms with E-state index in [1.54, 1.807) is 6.07 Å². The number of hydrazine groups is 1. The summed E-state index contributed by atoms with van der Waals surface area (Å²) >= 11 is 0. The van der Waals surface area contributed by atoms with Crippen molar-refractivity contribution in [1.29, 1.82) is 0 Å². The summed E-state index contributed by atoms with van der Waals surface area (Å²) in [4.78, 5) is 24.1. The maximum absolute atomic E-state index is 12.1. The molecule has 2 bridgehead atoms. The van der Waals surface area contributed by atoms with E-state index in [1.807, 2.05) is 26.0 Å². The van der Waals surface area contributed by atoms with E-state index < -0.39 is 0 Å². The van der Waals surface area contributed by atoms with Crippen LogP contribution in [-0.4, -0.2) is 11.8 Å². The SMILES string of the molecule is Cc1ccc(C(=O)NNC(=O)C[C@H]2C[C@@H]3CC[C@@H]2C3)c(C)c1. The van der Waals surface area contributed by atoms with E-state index in [9.17, 15) is 9.59 Å². The maximum Gasteiger partial charge on any atom is 0.269 e. The second-order valence-electron chi connectivity index (χ2n) is 6.96. The zero-order valence-electron chi connectivity index (χ0n) is 13.3. The third kappa shape index (κ3) is 3.16. The van der Waals surface area contributed by atoms with Crippen LogP contribution in [0.15, 0.2) is 18.2 Å². The normalized spacial score (nSPS) is 26.0. The lowest BCUT2D eigenvalue weighted by Crippen LogP contribution is -2.42. The molecule has 4 nitrogen and oxygen atoms in total. The van der Waals surface area contributed by atoms with E-state index in [1.165, 1.54) is 25.7 Å². The first-order valence-electron chi connectivity index (χ1n) is 8.19. The van der Waals surface area contributed by atoms with Gasteiger partial charge in [0, 0.05) is 12.0 Å². The largest absolute Gasteiger partial charge is 0.273 e. The number of rotatable bonds is 3. The first kappa shape index (κ1) is 15.1. The second-order valence-corrected chi connectivity index (χ2v) is 6.96. The second kappa shape index (κ2) is 6.11. The highest BCUT2D eigenvalue weighted by Gasteiger charge is 2.40. The molecular formula is C18H24N2O2. The molecular weight excluding hydrogens is 276 g/mol. The highest BCUT2D eigenvalue weighted by atomic mass is 16.2. The van der Waals surface area contributed by atoms with Gasteiger partial charge in [0.05, 0.1) is 0 Å². The fraction of sp³-hybridized carbons (Fsp3) is 0.556. The Hall–Kier alpha value is -1.84. The zero-order chi connectivity index (χ0) is 15.7. The smallest absolute Gasteiger partial charge is 0.269 e. The Balaban J connectivity index is 1.49. The van der Waals surface area contributed by atoms with Crippen molar-refractivity contribution in [2.24, 2.45) is 17.8 Å². The average Bonchev–Trinajstić information content (AvgIpc) is 3.07. The summed E-state index contributed by atoms with van der Waals surface area (Å²) in [5, 5.41) is 0. The number of hydrogen-bond acceptors (Lipinski definition) is 2. The molecule has 2 saturated carbocycles. The van der Waals surface area contributed by atoms with E-state index in [0.29, 0.717) is 17.9 Å². The molecule has 0 heterocycles. The van der Waals surface area contributed by atoms with Gasteiger partial charge in [0.1, 0.15) is 0 Å². The third-order valence-electron chi connectivity index (χ3n) is 5.27. The summed E-state index contributed by atoms with van der Waals surface area (Å²) in [5.41, 5.74) is 7.75. The molecule has 3 rings (SSSR count). The summed E-state index contributed by atoms with van der Waals surface area (Å²) in [6.45, 7) is 3.89. The van der Waals surface area contributed by atoms with Crippen LogP contribution in [0.3, 0.4) is 0 Å². The van der Waals surface area contributed by atoms with Gasteiger partial charge < -0.3 is 0 Å². The highest BCUT2D eigenvalue weighted by Crippen LogP contribution is 2.49. The van der Waals surface area contributed by atoms with Gasteiger partial charge >= 0.3 is 0 Å². The van der Waals surface area contributed by atoms with Crippen LogP contribution in [-0.2, 0) is 4.79 Å². The molecule has 2 aliphatic rings. The number of benzene rings is 1. The van der Waals surface area contributed by atoms with Crippen LogP contribution in [0.25, 0.3) is 0 Å². The van der Waals surface area contributed by atoms with Crippen LogP contribution in [0.5, 0.6) is 0 Å². The minimum atomic E-state index is -0.251. The Morgan fingerprint density at radius 2 is 1.95 bits per heavy atom. The molecule has 118 valence electrons. The van der Waals surface area contributed by atoms with Gasteiger partial charge in [0.2, 0.25) is 5.91 Å². The molecule has 2 amide bonds. The molecule has 1 aromatic carbocycles. The Kier molecular flexibility index (Phi) is 4.19. The van der Waals surface area contributed by atoms with Crippen LogP contribution in [0.2, 0.25) is 0 Å². The number of carbonyl (C=O) groups is 2. The summed E-state index contributed by atoms with van der Waals surface area (Å²) in [6, 6.07) is 5.66. The quantitative estimate of drug-likeness (QED) is 0.843. The lowest BCUT2D eigenvalue weighted by atomic mass is 9.86. The topological polar surface area (TPSA) is 58.2 Å². The number of fused-ring (bicyclic) bond motifs is 2. The average molecular weight is 300 g/mol. The van der Waals surface area contributed by atoms with Crippen LogP contribution < -0.4 is 10.9 Å². The first-order valence-corrected chi connectivity index (χ1v) is 8.19. The summed E-state index contributed by atoms with van der Waals surface area (Å²) < 4.78 is 0. The Bertz CT molecular complexity index is 597. The molecule has 0 aromatic heterocycles.